The summed E-state index contributed by atoms with van der Waals surface area (Å²) in [6.45, 7) is 3.68. The lowest BCUT2D eigenvalue weighted by Crippen LogP contribution is -2.47. The van der Waals surface area contributed by atoms with Gasteiger partial charge in [-0.1, -0.05) is 0 Å². The van der Waals surface area contributed by atoms with Crippen molar-refractivity contribution in [1.82, 2.24) is 4.90 Å². The monoisotopic (exact) mass is 409 g/mol. The first-order valence-corrected chi connectivity index (χ1v) is 12.1. The normalized spacial score (nSPS) is 26.1. The molecule has 1 aromatic carbocycles. The van der Waals surface area contributed by atoms with Gasteiger partial charge in [-0.2, -0.15) is 0 Å². The number of fused-ring (bicyclic) bond motifs is 2. The molecule has 28 heavy (non-hydrogen) atoms. The zero-order valence-corrected chi connectivity index (χ0v) is 17.7. The van der Waals surface area contributed by atoms with Crippen molar-refractivity contribution in [3.63, 3.8) is 0 Å². The van der Waals surface area contributed by atoms with E-state index in [9.17, 15) is 8.42 Å². The van der Waals surface area contributed by atoms with E-state index in [0.29, 0.717) is 17.4 Å². The number of likely N-dealkylation sites (tertiary alicyclic amines) is 1. The summed E-state index contributed by atoms with van der Waals surface area (Å²) in [6, 6.07) is 4.21. The molecule has 6 nitrogen and oxygen atoms in total. The Hall–Kier alpha value is -1.31. The lowest BCUT2D eigenvalue weighted by molar-refractivity contribution is -0.0983. The van der Waals surface area contributed by atoms with E-state index >= 15 is 0 Å². The topological polar surface area (TPSA) is 65.1 Å². The predicted molar refractivity (Wildman–Crippen MR) is 108 cm³/mol. The fraction of sp³-hybridized carbons (Fsp3) is 0.714. The van der Waals surface area contributed by atoms with Crippen molar-refractivity contribution in [1.29, 1.82) is 0 Å². The minimum atomic E-state index is -2.78. The Kier molecular flexibility index (Phi) is 5.60. The van der Waals surface area contributed by atoms with Gasteiger partial charge in [-0.25, -0.2) is 8.42 Å². The van der Waals surface area contributed by atoms with Gasteiger partial charge < -0.3 is 19.1 Å². The Bertz CT molecular complexity index is 814. The van der Waals surface area contributed by atoms with Crippen molar-refractivity contribution in [3.8, 4) is 11.5 Å². The smallest absolute Gasteiger partial charge is 0.161 e. The zero-order chi connectivity index (χ0) is 19.8. The third kappa shape index (κ3) is 3.89. The van der Waals surface area contributed by atoms with Crippen molar-refractivity contribution in [2.45, 2.75) is 37.7 Å². The number of benzene rings is 1. The van der Waals surface area contributed by atoms with E-state index in [1.165, 1.54) is 11.1 Å². The van der Waals surface area contributed by atoms with Crippen LogP contribution in [-0.2, 0) is 26.6 Å². The predicted octanol–water partition coefficient (Wildman–Crippen LogP) is 2.39. The van der Waals surface area contributed by atoms with E-state index in [1.54, 1.807) is 14.2 Å². The molecule has 1 atom stereocenters. The second-order valence-corrected chi connectivity index (χ2v) is 10.6. The van der Waals surface area contributed by atoms with Gasteiger partial charge in [0.2, 0.25) is 0 Å². The third-order valence-electron chi connectivity index (χ3n) is 6.69. The summed E-state index contributed by atoms with van der Waals surface area (Å²) in [4.78, 5) is 2.47. The highest BCUT2D eigenvalue weighted by Crippen LogP contribution is 2.45. The lowest BCUT2D eigenvalue weighted by atomic mass is 9.79. The third-order valence-corrected chi connectivity index (χ3v) is 8.53. The van der Waals surface area contributed by atoms with E-state index in [1.807, 2.05) is 0 Å². The fourth-order valence-electron chi connectivity index (χ4n) is 5.00. The van der Waals surface area contributed by atoms with Crippen LogP contribution >= 0.6 is 0 Å². The highest BCUT2D eigenvalue weighted by Gasteiger charge is 2.41. The first-order chi connectivity index (χ1) is 13.4. The Morgan fingerprint density at radius 2 is 1.89 bits per heavy atom. The molecule has 0 saturated carbocycles. The second kappa shape index (κ2) is 7.84. The molecule has 1 aromatic rings. The zero-order valence-electron chi connectivity index (χ0n) is 16.9. The maximum atomic E-state index is 11.7. The van der Waals surface area contributed by atoms with E-state index in [2.05, 4.69) is 17.0 Å². The Balaban J connectivity index is 1.42. The maximum absolute atomic E-state index is 11.7. The molecule has 1 spiro atoms. The van der Waals surface area contributed by atoms with Crippen molar-refractivity contribution in [2.24, 2.45) is 5.92 Å². The Morgan fingerprint density at radius 3 is 2.54 bits per heavy atom. The number of methoxy groups -OCH3 is 2. The van der Waals surface area contributed by atoms with E-state index in [0.717, 1.165) is 69.8 Å². The van der Waals surface area contributed by atoms with Gasteiger partial charge in [-0.05, 0) is 67.8 Å². The number of ether oxygens (including phenoxy) is 3. The molecule has 2 fully saturated rings. The van der Waals surface area contributed by atoms with Crippen molar-refractivity contribution < 1.29 is 22.6 Å². The van der Waals surface area contributed by atoms with Crippen LogP contribution in [0.5, 0.6) is 11.5 Å². The van der Waals surface area contributed by atoms with Gasteiger partial charge >= 0.3 is 0 Å². The molecule has 0 aromatic heterocycles. The molecule has 3 aliphatic heterocycles. The van der Waals surface area contributed by atoms with Crippen molar-refractivity contribution in [2.75, 3.05) is 52.0 Å². The average molecular weight is 410 g/mol. The standard InChI is InChI=1S/C21H31NO5S/c1-25-19-13-17-4-11-27-21(18(17)14-20(19)26-2)6-9-22(10-7-21)8-3-16-5-12-28(23,24)15-16/h13-14,16H,3-12,15H2,1-2H3. The van der Waals surface area contributed by atoms with Crippen LogP contribution in [0.4, 0.5) is 0 Å². The average Bonchev–Trinajstić information content (AvgIpc) is 3.05. The molecule has 4 rings (SSSR count). The summed E-state index contributed by atoms with van der Waals surface area (Å²) in [5.74, 6) is 2.63. The van der Waals surface area contributed by atoms with Gasteiger partial charge in [0, 0.05) is 13.1 Å². The lowest BCUT2D eigenvalue weighted by Gasteiger charge is -2.45. The summed E-state index contributed by atoms with van der Waals surface area (Å²) >= 11 is 0. The molecule has 2 saturated heterocycles. The van der Waals surface area contributed by atoms with Crippen LogP contribution in [0.2, 0.25) is 0 Å². The highest BCUT2D eigenvalue weighted by molar-refractivity contribution is 7.91. The summed E-state index contributed by atoms with van der Waals surface area (Å²) in [7, 11) is 0.570. The maximum Gasteiger partial charge on any atom is 0.161 e. The largest absolute Gasteiger partial charge is 0.493 e. The van der Waals surface area contributed by atoms with E-state index < -0.39 is 9.84 Å². The van der Waals surface area contributed by atoms with Crippen LogP contribution in [0.25, 0.3) is 0 Å². The molecule has 1 unspecified atom stereocenters. The van der Waals surface area contributed by atoms with Gasteiger partial charge in [0.15, 0.2) is 21.3 Å². The van der Waals surface area contributed by atoms with Crippen LogP contribution < -0.4 is 9.47 Å². The first kappa shape index (κ1) is 20.0. The Morgan fingerprint density at radius 1 is 1.18 bits per heavy atom. The molecule has 0 N–H and O–H groups in total. The molecule has 3 heterocycles. The molecule has 0 amide bonds. The molecule has 156 valence electrons. The second-order valence-electron chi connectivity index (χ2n) is 8.36. The summed E-state index contributed by atoms with van der Waals surface area (Å²) in [5.41, 5.74) is 2.31. The molecule has 0 aliphatic carbocycles. The van der Waals surface area contributed by atoms with Crippen molar-refractivity contribution in [3.05, 3.63) is 23.3 Å². The van der Waals surface area contributed by atoms with Crippen LogP contribution in [0.3, 0.4) is 0 Å². The van der Waals surface area contributed by atoms with Crippen LogP contribution in [0.15, 0.2) is 12.1 Å². The fourth-order valence-corrected chi connectivity index (χ4v) is 6.91. The summed E-state index contributed by atoms with van der Waals surface area (Å²) in [5, 5.41) is 0. The van der Waals surface area contributed by atoms with Gasteiger partial charge in [-0.15, -0.1) is 0 Å². The molecule has 0 radical (unpaired) electrons. The van der Waals surface area contributed by atoms with Gasteiger partial charge in [0.05, 0.1) is 37.9 Å². The van der Waals surface area contributed by atoms with E-state index in [4.69, 9.17) is 14.2 Å². The molecular weight excluding hydrogens is 378 g/mol. The molecule has 0 bridgehead atoms. The van der Waals surface area contributed by atoms with E-state index in [-0.39, 0.29) is 5.60 Å². The van der Waals surface area contributed by atoms with Gasteiger partial charge in [0.1, 0.15) is 0 Å². The highest BCUT2D eigenvalue weighted by atomic mass is 32.2. The number of piperidine rings is 1. The quantitative estimate of drug-likeness (QED) is 0.744. The minimum Gasteiger partial charge on any atom is -0.493 e. The number of hydrogen-bond acceptors (Lipinski definition) is 6. The SMILES string of the molecule is COc1cc2c(cc1OC)C1(CCN(CCC3CCS(=O)(=O)C3)CC1)OCC2. The van der Waals surface area contributed by atoms with Crippen molar-refractivity contribution >= 4 is 9.84 Å². The summed E-state index contributed by atoms with van der Waals surface area (Å²) in [6.07, 6.45) is 4.63. The number of nitrogens with zero attached hydrogens (tertiary/aromatic N) is 1. The van der Waals surface area contributed by atoms with Crippen LogP contribution in [0, 0.1) is 5.92 Å². The molecule has 3 aliphatic rings. The minimum absolute atomic E-state index is 0.236. The van der Waals surface area contributed by atoms with Crippen LogP contribution in [-0.4, -0.2) is 65.3 Å². The number of rotatable bonds is 5. The molecule has 7 heteroatoms. The van der Waals surface area contributed by atoms with Gasteiger partial charge in [0.25, 0.3) is 0 Å². The molecular formula is C21H31NO5S. The first-order valence-electron chi connectivity index (χ1n) is 10.3. The van der Waals surface area contributed by atoms with Gasteiger partial charge in [-0.3, -0.25) is 0 Å². The van der Waals surface area contributed by atoms with Crippen LogP contribution in [0.1, 0.15) is 36.8 Å². The Labute approximate surface area is 168 Å². The number of hydrogen-bond donors (Lipinski definition) is 0. The number of sulfone groups is 1. The summed E-state index contributed by atoms with van der Waals surface area (Å²) < 4.78 is 40.7.